The van der Waals surface area contributed by atoms with Crippen LogP contribution in [0.25, 0.3) is 0 Å². The van der Waals surface area contributed by atoms with Crippen molar-refractivity contribution in [2.24, 2.45) is 5.92 Å². The van der Waals surface area contributed by atoms with Gasteiger partial charge in [0.2, 0.25) is 0 Å². The van der Waals surface area contributed by atoms with E-state index in [1.54, 1.807) is 7.11 Å². The molecule has 0 bridgehead atoms. The molecule has 0 saturated heterocycles. The SMILES string of the molecule is COc1ccc(CNC2CCCC2C#N)cc1C#N. The summed E-state index contributed by atoms with van der Waals surface area (Å²) in [6.45, 7) is 0.682. The summed E-state index contributed by atoms with van der Waals surface area (Å²) in [5, 5.41) is 21.5. The molecule has 0 heterocycles. The molecule has 19 heavy (non-hydrogen) atoms. The van der Waals surface area contributed by atoms with Crippen molar-refractivity contribution in [1.29, 1.82) is 10.5 Å². The third-order valence-electron chi connectivity index (χ3n) is 3.63. The Kier molecular flexibility index (Phi) is 4.39. The van der Waals surface area contributed by atoms with Crippen molar-refractivity contribution in [2.75, 3.05) is 7.11 Å². The third kappa shape index (κ3) is 3.05. The number of nitrogens with zero attached hydrogens (tertiary/aromatic N) is 2. The van der Waals surface area contributed by atoms with Gasteiger partial charge in [-0.25, -0.2) is 0 Å². The second-order valence-corrected chi connectivity index (χ2v) is 4.80. The Hall–Kier alpha value is -2.04. The van der Waals surface area contributed by atoms with Crippen molar-refractivity contribution in [3.05, 3.63) is 29.3 Å². The lowest BCUT2D eigenvalue weighted by Gasteiger charge is -2.15. The van der Waals surface area contributed by atoms with Gasteiger partial charge < -0.3 is 10.1 Å². The first-order chi connectivity index (χ1) is 9.28. The quantitative estimate of drug-likeness (QED) is 0.896. The van der Waals surface area contributed by atoms with Gasteiger partial charge in [0, 0.05) is 12.6 Å². The van der Waals surface area contributed by atoms with Crippen molar-refractivity contribution in [2.45, 2.75) is 31.8 Å². The van der Waals surface area contributed by atoms with Crippen LogP contribution >= 0.6 is 0 Å². The number of ether oxygens (including phenoxy) is 1. The summed E-state index contributed by atoms with van der Waals surface area (Å²) in [5.74, 6) is 0.718. The first kappa shape index (κ1) is 13.4. The zero-order valence-corrected chi connectivity index (χ0v) is 11.0. The molecule has 98 valence electrons. The van der Waals surface area contributed by atoms with Crippen molar-refractivity contribution < 1.29 is 4.74 Å². The van der Waals surface area contributed by atoms with E-state index < -0.39 is 0 Å². The first-order valence-electron chi connectivity index (χ1n) is 6.48. The molecule has 2 atom stereocenters. The van der Waals surface area contributed by atoms with E-state index in [9.17, 15) is 0 Å². The fourth-order valence-corrected chi connectivity index (χ4v) is 2.56. The molecule has 1 aliphatic rings. The van der Waals surface area contributed by atoms with Crippen LogP contribution in [0, 0.1) is 28.6 Å². The molecule has 1 N–H and O–H groups in total. The summed E-state index contributed by atoms with van der Waals surface area (Å²) >= 11 is 0. The summed E-state index contributed by atoms with van der Waals surface area (Å²) in [7, 11) is 1.56. The molecule has 1 aromatic rings. The molecule has 0 aliphatic heterocycles. The van der Waals surface area contributed by atoms with Crippen LogP contribution < -0.4 is 10.1 Å². The van der Waals surface area contributed by atoms with Crippen LogP contribution in [0.5, 0.6) is 5.75 Å². The standard InChI is InChI=1S/C15H17N3O/c1-19-15-6-5-11(7-13(15)9-17)10-18-14-4-2-3-12(14)8-16/h5-7,12,14,18H,2-4,10H2,1H3. The zero-order valence-electron chi connectivity index (χ0n) is 11.0. The maximum atomic E-state index is 9.04. The molecule has 0 amide bonds. The van der Waals surface area contributed by atoms with Crippen molar-refractivity contribution in [3.63, 3.8) is 0 Å². The highest BCUT2D eigenvalue weighted by Gasteiger charge is 2.26. The largest absolute Gasteiger partial charge is 0.495 e. The van der Waals surface area contributed by atoms with Crippen LogP contribution in [0.15, 0.2) is 18.2 Å². The lowest BCUT2D eigenvalue weighted by Crippen LogP contribution is -2.31. The molecular formula is C15H17N3O. The Morgan fingerprint density at radius 1 is 1.37 bits per heavy atom. The van der Waals surface area contributed by atoms with Crippen LogP contribution in [0.1, 0.15) is 30.4 Å². The van der Waals surface area contributed by atoms with Crippen molar-refractivity contribution in [3.8, 4) is 17.9 Å². The Morgan fingerprint density at radius 2 is 2.21 bits per heavy atom. The maximum Gasteiger partial charge on any atom is 0.136 e. The van der Waals surface area contributed by atoms with E-state index in [2.05, 4.69) is 17.5 Å². The summed E-state index contributed by atoms with van der Waals surface area (Å²) in [6.07, 6.45) is 3.15. The average molecular weight is 255 g/mol. The maximum absolute atomic E-state index is 9.04. The molecule has 1 aromatic carbocycles. The fraction of sp³-hybridized carbons (Fsp3) is 0.467. The molecule has 2 rings (SSSR count). The van der Waals surface area contributed by atoms with Crippen LogP contribution in [0.2, 0.25) is 0 Å². The lowest BCUT2D eigenvalue weighted by molar-refractivity contribution is 0.413. The normalized spacial score (nSPS) is 21.6. The highest BCUT2D eigenvalue weighted by Crippen LogP contribution is 2.25. The lowest BCUT2D eigenvalue weighted by atomic mass is 10.0. The predicted molar refractivity (Wildman–Crippen MR) is 71.3 cm³/mol. The summed E-state index contributed by atoms with van der Waals surface area (Å²) in [6, 6.07) is 10.4. The van der Waals surface area contributed by atoms with E-state index in [4.69, 9.17) is 15.3 Å². The third-order valence-corrected chi connectivity index (χ3v) is 3.63. The van der Waals surface area contributed by atoms with Gasteiger partial charge in [-0.15, -0.1) is 0 Å². The van der Waals surface area contributed by atoms with Gasteiger partial charge in [-0.3, -0.25) is 0 Å². The molecule has 0 aromatic heterocycles. The Balaban J connectivity index is 2.01. The summed E-state index contributed by atoms with van der Waals surface area (Å²) < 4.78 is 5.12. The summed E-state index contributed by atoms with van der Waals surface area (Å²) in [4.78, 5) is 0. The van der Waals surface area contributed by atoms with Gasteiger partial charge >= 0.3 is 0 Å². The number of nitrogens with one attached hydrogen (secondary N) is 1. The number of methoxy groups -OCH3 is 1. The molecule has 1 fully saturated rings. The molecule has 1 aliphatic carbocycles. The van der Waals surface area contributed by atoms with Crippen LogP contribution in [0.4, 0.5) is 0 Å². The molecule has 1 saturated carbocycles. The smallest absolute Gasteiger partial charge is 0.136 e. The van der Waals surface area contributed by atoms with Crippen LogP contribution in [-0.4, -0.2) is 13.2 Å². The predicted octanol–water partition coefficient (Wildman–Crippen LogP) is 2.35. The van der Waals surface area contributed by atoms with Crippen LogP contribution in [-0.2, 0) is 6.54 Å². The highest BCUT2D eigenvalue weighted by molar-refractivity contribution is 5.45. The number of benzene rings is 1. The number of hydrogen-bond donors (Lipinski definition) is 1. The van der Waals surface area contributed by atoms with E-state index in [1.807, 2.05) is 18.2 Å². The molecular weight excluding hydrogens is 238 g/mol. The molecule has 0 spiro atoms. The average Bonchev–Trinajstić information content (AvgIpc) is 2.92. The van der Waals surface area contributed by atoms with Crippen molar-refractivity contribution >= 4 is 0 Å². The van der Waals surface area contributed by atoms with E-state index in [-0.39, 0.29) is 12.0 Å². The van der Waals surface area contributed by atoms with Crippen LogP contribution in [0.3, 0.4) is 0 Å². The minimum absolute atomic E-state index is 0.119. The Bertz CT molecular complexity index is 527. The van der Waals surface area contributed by atoms with Gasteiger partial charge in [0.05, 0.1) is 24.7 Å². The van der Waals surface area contributed by atoms with Gasteiger partial charge in [0.25, 0.3) is 0 Å². The molecule has 0 radical (unpaired) electrons. The van der Waals surface area contributed by atoms with Gasteiger partial charge in [0.15, 0.2) is 0 Å². The molecule has 4 heteroatoms. The zero-order chi connectivity index (χ0) is 13.7. The second kappa shape index (κ2) is 6.22. The van der Waals surface area contributed by atoms with Gasteiger partial charge in [-0.2, -0.15) is 10.5 Å². The minimum Gasteiger partial charge on any atom is -0.495 e. The van der Waals surface area contributed by atoms with Gasteiger partial charge in [-0.1, -0.05) is 12.5 Å². The van der Waals surface area contributed by atoms with Gasteiger partial charge in [-0.05, 0) is 30.5 Å². The topological polar surface area (TPSA) is 68.8 Å². The Labute approximate surface area is 113 Å². The molecule has 4 nitrogen and oxygen atoms in total. The summed E-state index contributed by atoms with van der Waals surface area (Å²) in [5.41, 5.74) is 1.59. The van der Waals surface area contributed by atoms with E-state index in [0.29, 0.717) is 17.9 Å². The molecule has 2 unspecified atom stereocenters. The monoisotopic (exact) mass is 255 g/mol. The van der Waals surface area contributed by atoms with Crippen molar-refractivity contribution in [1.82, 2.24) is 5.32 Å². The van der Waals surface area contributed by atoms with E-state index in [0.717, 1.165) is 24.8 Å². The number of hydrogen-bond acceptors (Lipinski definition) is 4. The van der Waals surface area contributed by atoms with Gasteiger partial charge in [0.1, 0.15) is 11.8 Å². The number of rotatable bonds is 4. The number of nitriles is 2. The minimum atomic E-state index is 0.119. The van der Waals surface area contributed by atoms with E-state index >= 15 is 0 Å². The second-order valence-electron chi connectivity index (χ2n) is 4.80. The Morgan fingerprint density at radius 3 is 2.89 bits per heavy atom. The fourth-order valence-electron chi connectivity index (χ4n) is 2.56. The van der Waals surface area contributed by atoms with E-state index in [1.165, 1.54) is 0 Å². The highest BCUT2D eigenvalue weighted by atomic mass is 16.5. The first-order valence-corrected chi connectivity index (χ1v) is 6.48.